The quantitative estimate of drug-likeness (QED) is 0.0668. The fraction of sp³-hybridized carbons (Fsp3) is 0.805. The van der Waals surface area contributed by atoms with Crippen molar-refractivity contribution in [2.24, 2.45) is 0 Å². The molecule has 314 valence electrons. The number of unbranched alkanes of at least 4 members (excludes halogenated alkanes) is 5. The molecule has 0 radical (unpaired) electrons. The van der Waals surface area contributed by atoms with Crippen LogP contribution >= 0.6 is 0 Å². The summed E-state index contributed by atoms with van der Waals surface area (Å²) in [5.74, 6) is 3.28. The maximum atomic E-state index is 5.78. The van der Waals surface area contributed by atoms with Gasteiger partial charge in [0.05, 0.1) is 152 Å². The van der Waals surface area contributed by atoms with Crippen LogP contribution in [0.25, 0.3) is 0 Å². The molecule has 0 N–H and O–H groups in total. The smallest absolute Gasteiger partial charge is 0.119 e. The molecule has 0 fully saturated rings. The van der Waals surface area contributed by atoms with E-state index < -0.39 is 0 Å². The Hall–Kier alpha value is -1.90. The molecule has 13 heteroatoms. The zero-order chi connectivity index (χ0) is 38.5. The molecule has 1 rings (SSSR count). The average molecular weight is 773 g/mol. The van der Waals surface area contributed by atoms with Gasteiger partial charge in [0.15, 0.2) is 0 Å². The Morgan fingerprint density at radius 3 is 1.00 bits per heavy atom. The standard InChI is InChI=1S/C41H72O13/c1-3-5-6-7-8-9-10-40-11-13-41(14-12-40)54-39-38-53-37-36-52-35-34-51-33-32-50-31-30-49-29-28-48-27-26-47-25-24-46-23-22-45-21-20-44-19-18-43-17-16-42-15-4-2/h2,11-14H,3,5-10,15-39H2,1H3. The van der Waals surface area contributed by atoms with Crippen LogP contribution < -0.4 is 4.74 Å². The molecule has 0 aliphatic heterocycles. The van der Waals surface area contributed by atoms with Gasteiger partial charge >= 0.3 is 0 Å². The second-order valence-corrected chi connectivity index (χ2v) is 12.0. The number of benzene rings is 1. The van der Waals surface area contributed by atoms with Crippen molar-refractivity contribution in [3.63, 3.8) is 0 Å². The van der Waals surface area contributed by atoms with E-state index in [1.54, 1.807) is 0 Å². The molecule has 0 unspecified atom stereocenters. The van der Waals surface area contributed by atoms with Crippen molar-refractivity contribution < 1.29 is 61.6 Å². The van der Waals surface area contributed by atoms with Crippen molar-refractivity contribution in [1.82, 2.24) is 0 Å². The first-order valence-electron chi connectivity index (χ1n) is 19.9. The molecule has 0 heterocycles. The third-order valence-electron chi connectivity index (χ3n) is 7.52. The molecule has 0 aliphatic rings. The summed E-state index contributed by atoms with van der Waals surface area (Å²) < 4.78 is 71.3. The van der Waals surface area contributed by atoms with Crippen LogP contribution in [0.1, 0.15) is 51.0 Å². The maximum Gasteiger partial charge on any atom is 0.119 e. The van der Waals surface area contributed by atoms with Crippen LogP contribution in [-0.2, 0) is 63.3 Å². The van der Waals surface area contributed by atoms with Crippen LogP contribution in [0, 0.1) is 12.3 Å². The largest absolute Gasteiger partial charge is 0.491 e. The van der Waals surface area contributed by atoms with Gasteiger partial charge in [-0.1, -0.05) is 57.1 Å². The van der Waals surface area contributed by atoms with Crippen molar-refractivity contribution in [3.05, 3.63) is 29.8 Å². The third-order valence-corrected chi connectivity index (χ3v) is 7.52. The van der Waals surface area contributed by atoms with Gasteiger partial charge in [0.25, 0.3) is 0 Å². The fourth-order valence-corrected chi connectivity index (χ4v) is 4.63. The Bertz CT molecular complexity index is 900. The molecule has 0 amide bonds. The summed E-state index contributed by atoms with van der Waals surface area (Å²) >= 11 is 0. The second kappa shape index (κ2) is 43.8. The van der Waals surface area contributed by atoms with Crippen LogP contribution in [0.5, 0.6) is 5.75 Å². The van der Waals surface area contributed by atoms with Crippen molar-refractivity contribution in [3.8, 4) is 18.1 Å². The van der Waals surface area contributed by atoms with E-state index in [0.29, 0.717) is 165 Å². The average Bonchev–Trinajstić information content (AvgIpc) is 3.19. The highest BCUT2D eigenvalue weighted by molar-refractivity contribution is 5.27. The molecule has 54 heavy (non-hydrogen) atoms. The van der Waals surface area contributed by atoms with Gasteiger partial charge in [-0.2, -0.15) is 0 Å². The summed E-state index contributed by atoms with van der Waals surface area (Å²) in [5.41, 5.74) is 1.38. The summed E-state index contributed by atoms with van der Waals surface area (Å²) in [7, 11) is 0. The molecular weight excluding hydrogens is 700 g/mol. The molecular formula is C41H72O13. The first-order chi connectivity index (χ1) is 26.9. The predicted octanol–water partition coefficient (Wildman–Crippen LogP) is 4.80. The van der Waals surface area contributed by atoms with E-state index in [2.05, 4.69) is 25.0 Å². The first-order valence-corrected chi connectivity index (χ1v) is 19.9. The summed E-state index contributed by atoms with van der Waals surface area (Å²) in [4.78, 5) is 0. The minimum atomic E-state index is 0.307. The molecule has 0 saturated heterocycles. The summed E-state index contributed by atoms with van der Waals surface area (Å²) in [5, 5.41) is 0. The monoisotopic (exact) mass is 772 g/mol. The van der Waals surface area contributed by atoms with Gasteiger partial charge in [-0.3, -0.25) is 0 Å². The summed E-state index contributed by atoms with van der Waals surface area (Å²) in [6.07, 6.45) is 14.2. The van der Waals surface area contributed by atoms with Gasteiger partial charge in [-0.05, 0) is 30.5 Å². The van der Waals surface area contributed by atoms with Crippen molar-refractivity contribution in [1.29, 1.82) is 0 Å². The van der Waals surface area contributed by atoms with Crippen LogP contribution in [0.15, 0.2) is 24.3 Å². The zero-order valence-electron chi connectivity index (χ0n) is 33.3. The molecule has 1 aromatic rings. The maximum absolute atomic E-state index is 5.78. The minimum Gasteiger partial charge on any atom is -0.491 e. The number of hydrogen-bond acceptors (Lipinski definition) is 13. The van der Waals surface area contributed by atoms with E-state index in [9.17, 15) is 0 Å². The fourth-order valence-electron chi connectivity index (χ4n) is 4.63. The molecule has 0 spiro atoms. The molecule has 1 aromatic carbocycles. The van der Waals surface area contributed by atoms with Crippen LogP contribution in [0.2, 0.25) is 0 Å². The number of aryl methyl sites for hydroxylation is 1. The number of terminal acetylenes is 1. The second-order valence-electron chi connectivity index (χ2n) is 12.0. The minimum absolute atomic E-state index is 0.307. The van der Waals surface area contributed by atoms with Crippen LogP contribution in [-0.4, -0.2) is 165 Å². The highest BCUT2D eigenvalue weighted by atomic mass is 16.6. The Kier molecular flexibility index (Phi) is 40.7. The lowest BCUT2D eigenvalue weighted by molar-refractivity contribution is -0.0283. The Balaban J connectivity index is 1.67. The lowest BCUT2D eigenvalue weighted by Crippen LogP contribution is -2.15. The molecule has 0 bridgehead atoms. The van der Waals surface area contributed by atoms with Crippen LogP contribution in [0.4, 0.5) is 0 Å². The molecule has 13 nitrogen and oxygen atoms in total. The van der Waals surface area contributed by atoms with E-state index in [1.807, 2.05) is 12.1 Å². The molecule has 0 atom stereocenters. The predicted molar refractivity (Wildman–Crippen MR) is 208 cm³/mol. The van der Waals surface area contributed by atoms with Gasteiger partial charge in [0.2, 0.25) is 0 Å². The Morgan fingerprint density at radius 1 is 0.370 bits per heavy atom. The van der Waals surface area contributed by atoms with Crippen molar-refractivity contribution in [2.45, 2.75) is 51.9 Å². The number of ether oxygens (including phenoxy) is 13. The number of rotatable bonds is 45. The first kappa shape index (κ1) is 50.1. The summed E-state index contributed by atoms with van der Waals surface area (Å²) in [6.45, 7) is 14.8. The van der Waals surface area contributed by atoms with Gasteiger partial charge < -0.3 is 61.6 Å². The van der Waals surface area contributed by atoms with E-state index in [0.717, 1.165) is 12.2 Å². The van der Waals surface area contributed by atoms with E-state index in [4.69, 9.17) is 68.0 Å². The van der Waals surface area contributed by atoms with Gasteiger partial charge in [-0.25, -0.2) is 0 Å². The van der Waals surface area contributed by atoms with Crippen molar-refractivity contribution >= 4 is 0 Å². The number of hydrogen-bond donors (Lipinski definition) is 0. The lowest BCUT2D eigenvalue weighted by atomic mass is 10.0. The van der Waals surface area contributed by atoms with Crippen molar-refractivity contribution in [2.75, 3.05) is 165 Å². The normalized spacial score (nSPS) is 11.3. The molecule has 0 aromatic heterocycles. The highest BCUT2D eigenvalue weighted by Crippen LogP contribution is 2.15. The SMILES string of the molecule is C#CCOCCOCCOCCOCCOCCOCCOCCOCCOCCOCCOCCOCCOc1ccc(CCCCCCCC)cc1. The summed E-state index contributed by atoms with van der Waals surface area (Å²) in [6, 6.07) is 8.43. The van der Waals surface area contributed by atoms with Crippen LogP contribution in [0.3, 0.4) is 0 Å². The third kappa shape index (κ3) is 38.4. The Morgan fingerprint density at radius 2 is 0.667 bits per heavy atom. The Labute approximate surface area is 326 Å². The highest BCUT2D eigenvalue weighted by Gasteiger charge is 1.99. The molecule has 0 aliphatic carbocycles. The topological polar surface area (TPSA) is 120 Å². The van der Waals surface area contributed by atoms with Gasteiger partial charge in [0, 0.05) is 0 Å². The van der Waals surface area contributed by atoms with Gasteiger partial charge in [0.1, 0.15) is 19.0 Å². The van der Waals surface area contributed by atoms with E-state index in [-0.39, 0.29) is 0 Å². The van der Waals surface area contributed by atoms with E-state index in [1.165, 1.54) is 44.1 Å². The lowest BCUT2D eigenvalue weighted by Gasteiger charge is -2.09. The van der Waals surface area contributed by atoms with E-state index >= 15 is 0 Å². The zero-order valence-corrected chi connectivity index (χ0v) is 33.3. The molecule has 0 saturated carbocycles. The van der Waals surface area contributed by atoms with Gasteiger partial charge in [-0.15, -0.1) is 6.42 Å².